The van der Waals surface area contributed by atoms with Crippen LogP contribution in [-0.4, -0.2) is 46.0 Å². The van der Waals surface area contributed by atoms with Gasteiger partial charge in [-0.25, -0.2) is 4.79 Å². The second-order valence-corrected chi connectivity index (χ2v) is 13.4. The van der Waals surface area contributed by atoms with Gasteiger partial charge in [-0.1, -0.05) is 51.5 Å². The lowest BCUT2D eigenvalue weighted by atomic mass is 9.91. The van der Waals surface area contributed by atoms with E-state index in [-0.39, 0.29) is 23.8 Å². The molecule has 3 atom stereocenters. The standard InChI is InChI=1S/C31H53N3O4/c1-19(2)14-17-23(7)34(28(36)25(20(3)4)32-29(37)38-31(11,12)13)26(27(35)33-30(8,9)10)24-18-21(5)15-16-22(24)6/h15-16,18-20,23,25-26H,14,17H2,1-13H3,(H,32,37)(H,33,35). The molecule has 0 aromatic heterocycles. The van der Waals surface area contributed by atoms with Crippen LogP contribution in [0.25, 0.3) is 0 Å². The minimum Gasteiger partial charge on any atom is -0.444 e. The molecule has 0 fully saturated rings. The first-order chi connectivity index (χ1) is 17.2. The van der Waals surface area contributed by atoms with Crippen LogP contribution in [0.15, 0.2) is 18.2 Å². The Kier molecular flexibility index (Phi) is 11.9. The summed E-state index contributed by atoms with van der Waals surface area (Å²) in [6.07, 6.45) is 0.976. The van der Waals surface area contributed by atoms with E-state index in [9.17, 15) is 14.4 Å². The lowest BCUT2D eigenvalue weighted by Gasteiger charge is -2.41. The quantitative estimate of drug-likeness (QED) is 0.363. The SMILES string of the molecule is Cc1ccc(C)c(C(C(=O)NC(C)(C)C)N(C(=O)C(NC(=O)OC(C)(C)C)C(C)C)C(C)CCC(C)C)c1. The van der Waals surface area contributed by atoms with Gasteiger partial charge in [0.15, 0.2) is 0 Å². The van der Waals surface area contributed by atoms with Gasteiger partial charge in [-0.2, -0.15) is 0 Å². The highest BCUT2D eigenvalue weighted by molar-refractivity contribution is 5.93. The van der Waals surface area contributed by atoms with Crippen molar-refractivity contribution in [2.24, 2.45) is 11.8 Å². The van der Waals surface area contributed by atoms with E-state index in [4.69, 9.17) is 4.74 Å². The van der Waals surface area contributed by atoms with Crippen LogP contribution in [0.4, 0.5) is 4.79 Å². The lowest BCUT2D eigenvalue weighted by Crippen LogP contribution is -2.58. The van der Waals surface area contributed by atoms with Crippen LogP contribution in [0.3, 0.4) is 0 Å². The van der Waals surface area contributed by atoms with Crippen molar-refractivity contribution in [1.29, 1.82) is 0 Å². The number of hydrogen-bond donors (Lipinski definition) is 2. The second kappa shape index (κ2) is 13.5. The van der Waals surface area contributed by atoms with Gasteiger partial charge < -0.3 is 20.3 Å². The first kappa shape index (κ1) is 33.5. The molecule has 1 aromatic rings. The molecule has 0 aliphatic carbocycles. The zero-order valence-electron chi connectivity index (χ0n) is 26.1. The summed E-state index contributed by atoms with van der Waals surface area (Å²) in [5.74, 6) is -0.315. The van der Waals surface area contributed by atoms with E-state index >= 15 is 0 Å². The molecule has 0 aliphatic heterocycles. The zero-order valence-corrected chi connectivity index (χ0v) is 26.1. The molecule has 38 heavy (non-hydrogen) atoms. The highest BCUT2D eigenvalue weighted by Crippen LogP contribution is 2.31. The molecular formula is C31H53N3O4. The summed E-state index contributed by atoms with van der Waals surface area (Å²) in [5.41, 5.74) is 1.53. The summed E-state index contributed by atoms with van der Waals surface area (Å²) in [6, 6.07) is 4.02. The van der Waals surface area contributed by atoms with Crippen LogP contribution < -0.4 is 10.6 Å². The average Bonchev–Trinajstić information content (AvgIpc) is 2.72. The molecule has 0 aliphatic rings. The third-order valence-electron chi connectivity index (χ3n) is 6.25. The summed E-state index contributed by atoms with van der Waals surface area (Å²) in [5, 5.41) is 5.92. The zero-order chi connectivity index (χ0) is 29.6. The molecule has 216 valence electrons. The first-order valence-corrected chi connectivity index (χ1v) is 13.9. The summed E-state index contributed by atoms with van der Waals surface area (Å²) in [7, 11) is 0. The van der Waals surface area contributed by atoms with Gasteiger partial charge in [-0.05, 0) is 98.1 Å². The van der Waals surface area contributed by atoms with Crippen molar-refractivity contribution in [2.45, 2.75) is 132 Å². The van der Waals surface area contributed by atoms with E-state index in [0.717, 1.165) is 29.5 Å². The van der Waals surface area contributed by atoms with Gasteiger partial charge in [-0.3, -0.25) is 9.59 Å². The van der Waals surface area contributed by atoms with E-state index < -0.39 is 29.3 Å². The number of carbonyl (C=O) groups excluding carboxylic acids is 3. The maximum absolute atomic E-state index is 14.4. The highest BCUT2D eigenvalue weighted by Gasteiger charge is 2.41. The number of hydrogen-bond acceptors (Lipinski definition) is 4. The van der Waals surface area contributed by atoms with Crippen molar-refractivity contribution < 1.29 is 19.1 Å². The van der Waals surface area contributed by atoms with E-state index in [2.05, 4.69) is 24.5 Å². The highest BCUT2D eigenvalue weighted by atomic mass is 16.6. The van der Waals surface area contributed by atoms with Crippen molar-refractivity contribution in [3.05, 3.63) is 34.9 Å². The van der Waals surface area contributed by atoms with Crippen molar-refractivity contribution in [3.8, 4) is 0 Å². The van der Waals surface area contributed by atoms with Crippen LogP contribution in [0.1, 0.15) is 112 Å². The predicted octanol–water partition coefficient (Wildman–Crippen LogP) is 6.46. The fraction of sp³-hybridized carbons (Fsp3) is 0.710. The van der Waals surface area contributed by atoms with Crippen LogP contribution in [0.5, 0.6) is 0 Å². The van der Waals surface area contributed by atoms with Gasteiger partial charge in [0.1, 0.15) is 17.7 Å². The molecule has 3 amide bonds. The maximum atomic E-state index is 14.4. The number of rotatable bonds is 10. The van der Waals surface area contributed by atoms with Gasteiger partial charge in [0.05, 0.1) is 0 Å². The monoisotopic (exact) mass is 531 g/mol. The van der Waals surface area contributed by atoms with Crippen LogP contribution in [0, 0.1) is 25.7 Å². The molecule has 0 spiro atoms. The van der Waals surface area contributed by atoms with Gasteiger partial charge in [0, 0.05) is 11.6 Å². The topological polar surface area (TPSA) is 87.7 Å². The Hall–Kier alpha value is -2.57. The van der Waals surface area contributed by atoms with E-state index in [1.807, 2.05) is 73.6 Å². The van der Waals surface area contributed by atoms with Crippen molar-refractivity contribution in [1.82, 2.24) is 15.5 Å². The fourth-order valence-corrected chi connectivity index (χ4v) is 4.33. The van der Waals surface area contributed by atoms with Crippen LogP contribution in [0.2, 0.25) is 0 Å². The molecule has 0 radical (unpaired) electrons. The van der Waals surface area contributed by atoms with E-state index in [1.165, 1.54) is 0 Å². The van der Waals surface area contributed by atoms with Gasteiger partial charge in [0.25, 0.3) is 0 Å². The average molecular weight is 532 g/mol. The Labute approximate surface area is 231 Å². The Morgan fingerprint density at radius 3 is 1.97 bits per heavy atom. The third-order valence-corrected chi connectivity index (χ3v) is 6.25. The lowest BCUT2D eigenvalue weighted by molar-refractivity contribution is -0.146. The van der Waals surface area contributed by atoms with Crippen LogP contribution >= 0.6 is 0 Å². The Bertz CT molecular complexity index is 957. The number of alkyl carbamates (subject to hydrolysis) is 1. The van der Waals surface area contributed by atoms with Crippen LogP contribution in [-0.2, 0) is 14.3 Å². The Balaban J connectivity index is 3.73. The number of benzene rings is 1. The molecule has 0 heterocycles. The molecule has 3 unspecified atom stereocenters. The number of nitrogens with zero attached hydrogens (tertiary/aromatic N) is 1. The molecule has 0 saturated carbocycles. The molecule has 2 N–H and O–H groups in total. The first-order valence-electron chi connectivity index (χ1n) is 13.9. The minimum atomic E-state index is -0.860. The molecule has 1 rings (SSSR count). The molecular weight excluding hydrogens is 478 g/mol. The Morgan fingerprint density at radius 2 is 1.50 bits per heavy atom. The number of amides is 3. The molecule has 7 heteroatoms. The fourth-order valence-electron chi connectivity index (χ4n) is 4.33. The summed E-state index contributed by atoms with van der Waals surface area (Å²) < 4.78 is 5.48. The summed E-state index contributed by atoms with van der Waals surface area (Å²) in [4.78, 5) is 42.9. The van der Waals surface area contributed by atoms with Gasteiger partial charge in [0.2, 0.25) is 11.8 Å². The van der Waals surface area contributed by atoms with E-state index in [1.54, 1.807) is 25.7 Å². The number of nitrogens with one attached hydrogen (secondary N) is 2. The maximum Gasteiger partial charge on any atom is 0.408 e. The molecule has 0 bridgehead atoms. The summed E-state index contributed by atoms with van der Waals surface area (Å²) >= 11 is 0. The molecule has 0 saturated heterocycles. The third kappa shape index (κ3) is 10.7. The number of carbonyl (C=O) groups is 3. The second-order valence-electron chi connectivity index (χ2n) is 13.4. The van der Waals surface area contributed by atoms with Crippen molar-refractivity contribution in [2.75, 3.05) is 0 Å². The Morgan fingerprint density at radius 1 is 0.921 bits per heavy atom. The largest absolute Gasteiger partial charge is 0.444 e. The molecule has 7 nitrogen and oxygen atoms in total. The normalized spacial score (nSPS) is 14.6. The van der Waals surface area contributed by atoms with Gasteiger partial charge in [-0.15, -0.1) is 0 Å². The predicted molar refractivity (Wildman–Crippen MR) is 155 cm³/mol. The number of aryl methyl sites for hydroxylation is 2. The van der Waals surface area contributed by atoms with Gasteiger partial charge >= 0.3 is 6.09 Å². The van der Waals surface area contributed by atoms with Crippen molar-refractivity contribution >= 4 is 17.9 Å². The minimum absolute atomic E-state index is 0.222. The van der Waals surface area contributed by atoms with Crippen molar-refractivity contribution in [3.63, 3.8) is 0 Å². The smallest absolute Gasteiger partial charge is 0.408 e. The molecule has 1 aromatic carbocycles. The number of ether oxygens (including phenoxy) is 1. The van der Waals surface area contributed by atoms with E-state index in [0.29, 0.717) is 5.92 Å². The summed E-state index contributed by atoms with van der Waals surface area (Å²) in [6.45, 7) is 25.2.